The summed E-state index contributed by atoms with van der Waals surface area (Å²) in [6.07, 6.45) is 2.40. The van der Waals surface area contributed by atoms with Crippen LogP contribution in [0, 0.1) is 5.82 Å². The third kappa shape index (κ3) is 3.45. The number of halogens is 1. The van der Waals surface area contributed by atoms with Gasteiger partial charge in [0.15, 0.2) is 0 Å². The van der Waals surface area contributed by atoms with Gasteiger partial charge in [0.2, 0.25) is 5.91 Å². The number of benzene rings is 1. The number of likely N-dealkylation sites (tertiary alicyclic amines) is 1. The molecule has 1 aliphatic heterocycles. The predicted molar refractivity (Wildman–Crippen MR) is 77.7 cm³/mol. The van der Waals surface area contributed by atoms with Crippen LogP contribution in [0.15, 0.2) is 35.9 Å². The molecule has 1 aromatic rings. The minimum Gasteiger partial charge on any atom is -0.338 e. The maximum absolute atomic E-state index is 13.3. The fourth-order valence-corrected chi connectivity index (χ4v) is 2.67. The van der Waals surface area contributed by atoms with Gasteiger partial charge in [0.1, 0.15) is 5.82 Å². The fraction of sp³-hybridized carbons (Fsp3) is 0.438. The van der Waals surface area contributed by atoms with Crippen molar-refractivity contribution in [2.24, 2.45) is 5.73 Å². The van der Waals surface area contributed by atoms with Crippen LogP contribution in [-0.2, 0) is 4.79 Å². The molecule has 3 nitrogen and oxygen atoms in total. The highest BCUT2D eigenvalue weighted by Crippen LogP contribution is 2.27. The van der Waals surface area contributed by atoms with Gasteiger partial charge >= 0.3 is 0 Å². The topological polar surface area (TPSA) is 46.3 Å². The van der Waals surface area contributed by atoms with Crippen LogP contribution in [-0.4, -0.2) is 29.9 Å². The maximum atomic E-state index is 13.3. The number of piperidine rings is 1. The van der Waals surface area contributed by atoms with E-state index in [0.29, 0.717) is 13.1 Å². The monoisotopic (exact) mass is 276 g/mol. The van der Waals surface area contributed by atoms with Crippen LogP contribution in [0.4, 0.5) is 4.39 Å². The zero-order valence-electron chi connectivity index (χ0n) is 12.0. The number of hydrogen-bond acceptors (Lipinski definition) is 2. The summed E-state index contributed by atoms with van der Waals surface area (Å²) in [6.45, 7) is 4.98. The first kappa shape index (κ1) is 14.7. The minimum absolute atomic E-state index is 0.0122. The van der Waals surface area contributed by atoms with Gasteiger partial charge in [-0.2, -0.15) is 0 Å². The Morgan fingerprint density at radius 1 is 1.45 bits per heavy atom. The van der Waals surface area contributed by atoms with E-state index in [4.69, 9.17) is 5.73 Å². The highest BCUT2D eigenvalue weighted by Gasteiger charge is 2.29. The normalized spacial score (nSPS) is 22.5. The second-order valence-electron chi connectivity index (χ2n) is 5.62. The number of amides is 1. The Hall–Kier alpha value is -1.68. The van der Waals surface area contributed by atoms with Gasteiger partial charge in [-0.15, -0.1) is 0 Å². The molecule has 0 bridgehead atoms. The summed E-state index contributed by atoms with van der Waals surface area (Å²) >= 11 is 0. The third-order valence-corrected chi connectivity index (χ3v) is 3.66. The van der Waals surface area contributed by atoms with Crippen LogP contribution >= 0.6 is 0 Å². The Kier molecular flexibility index (Phi) is 4.55. The average Bonchev–Trinajstić information content (AvgIpc) is 2.37. The third-order valence-electron chi connectivity index (χ3n) is 3.66. The highest BCUT2D eigenvalue weighted by molar-refractivity contribution is 5.88. The average molecular weight is 276 g/mol. The van der Waals surface area contributed by atoms with Gasteiger partial charge in [-0.1, -0.05) is 17.7 Å². The summed E-state index contributed by atoms with van der Waals surface area (Å²) in [6, 6.07) is 6.43. The van der Waals surface area contributed by atoms with Gasteiger partial charge in [-0.3, -0.25) is 4.79 Å². The van der Waals surface area contributed by atoms with Gasteiger partial charge < -0.3 is 10.6 Å². The van der Waals surface area contributed by atoms with Crippen molar-refractivity contribution in [3.8, 4) is 0 Å². The molecule has 2 N–H and O–H groups in total. The molecule has 0 spiro atoms. The molecule has 1 heterocycles. The second kappa shape index (κ2) is 6.18. The molecule has 1 fully saturated rings. The number of carbonyl (C=O) groups is 1. The van der Waals surface area contributed by atoms with E-state index in [1.54, 1.807) is 17.0 Å². The molecule has 0 aliphatic carbocycles. The predicted octanol–water partition coefficient (Wildman–Crippen LogP) is 2.44. The van der Waals surface area contributed by atoms with E-state index >= 15 is 0 Å². The van der Waals surface area contributed by atoms with Crippen LogP contribution < -0.4 is 5.73 Å². The van der Waals surface area contributed by atoms with Gasteiger partial charge in [-0.25, -0.2) is 4.39 Å². The quantitative estimate of drug-likeness (QED) is 0.843. The number of rotatable bonds is 2. The number of hydrogen-bond donors (Lipinski definition) is 1. The highest BCUT2D eigenvalue weighted by atomic mass is 19.1. The van der Waals surface area contributed by atoms with Crippen LogP contribution in [0.1, 0.15) is 31.7 Å². The lowest BCUT2D eigenvalue weighted by Gasteiger charge is -2.36. The fourth-order valence-electron chi connectivity index (χ4n) is 2.67. The van der Waals surface area contributed by atoms with Gasteiger partial charge in [0.25, 0.3) is 0 Å². The van der Waals surface area contributed by atoms with Crippen molar-refractivity contribution in [1.82, 2.24) is 4.90 Å². The van der Waals surface area contributed by atoms with E-state index in [9.17, 15) is 9.18 Å². The van der Waals surface area contributed by atoms with Crippen molar-refractivity contribution in [3.05, 3.63) is 47.3 Å². The van der Waals surface area contributed by atoms with E-state index in [1.165, 1.54) is 12.1 Å². The Morgan fingerprint density at radius 3 is 2.80 bits per heavy atom. The smallest absolute Gasteiger partial charge is 0.246 e. The van der Waals surface area contributed by atoms with Gasteiger partial charge in [0, 0.05) is 31.1 Å². The Labute approximate surface area is 119 Å². The molecule has 2 unspecified atom stereocenters. The summed E-state index contributed by atoms with van der Waals surface area (Å²) < 4.78 is 13.3. The maximum Gasteiger partial charge on any atom is 0.246 e. The Balaban J connectivity index is 2.06. The molecule has 1 aliphatic rings. The summed E-state index contributed by atoms with van der Waals surface area (Å²) in [5.74, 6) is -0.114. The summed E-state index contributed by atoms with van der Waals surface area (Å²) in [4.78, 5) is 13.8. The molecule has 1 saturated heterocycles. The molecule has 20 heavy (non-hydrogen) atoms. The Morgan fingerprint density at radius 2 is 2.20 bits per heavy atom. The number of carbonyl (C=O) groups excluding carboxylic acids is 1. The summed E-state index contributed by atoms with van der Waals surface area (Å²) in [5, 5.41) is 0. The molecule has 0 aromatic heterocycles. The lowest BCUT2D eigenvalue weighted by molar-refractivity contribution is -0.127. The SMILES string of the molecule is CC(C)=CC(=O)N1CCC(c2cccc(F)c2)C(N)C1. The molecular formula is C16H21FN2O. The molecule has 0 saturated carbocycles. The standard InChI is InChI=1S/C16H21FN2O/c1-11(2)8-16(20)19-7-6-14(15(18)10-19)12-4-3-5-13(17)9-12/h3-5,8-9,14-15H,6-7,10,18H2,1-2H3. The largest absolute Gasteiger partial charge is 0.338 e. The molecule has 4 heteroatoms. The molecule has 1 amide bonds. The van der Waals surface area contributed by atoms with Crippen molar-refractivity contribution < 1.29 is 9.18 Å². The lowest BCUT2D eigenvalue weighted by atomic mass is 9.85. The zero-order valence-corrected chi connectivity index (χ0v) is 12.0. The molecule has 2 rings (SSSR count). The zero-order chi connectivity index (χ0) is 14.7. The second-order valence-corrected chi connectivity index (χ2v) is 5.62. The van der Waals surface area contributed by atoms with E-state index in [2.05, 4.69) is 0 Å². The van der Waals surface area contributed by atoms with Crippen LogP contribution in [0.25, 0.3) is 0 Å². The van der Waals surface area contributed by atoms with Gasteiger partial charge in [-0.05, 0) is 38.0 Å². The number of nitrogens with two attached hydrogens (primary N) is 1. The summed E-state index contributed by atoms with van der Waals surface area (Å²) in [7, 11) is 0. The minimum atomic E-state index is -0.238. The molecule has 108 valence electrons. The first-order chi connectivity index (χ1) is 9.47. The molecule has 2 atom stereocenters. The van der Waals surface area contributed by atoms with Crippen molar-refractivity contribution in [1.29, 1.82) is 0 Å². The molecule has 0 radical (unpaired) electrons. The number of allylic oxidation sites excluding steroid dienone is 1. The lowest BCUT2D eigenvalue weighted by Crippen LogP contribution is -2.49. The van der Waals surface area contributed by atoms with Crippen molar-refractivity contribution in [3.63, 3.8) is 0 Å². The van der Waals surface area contributed by atoms with Gasteiger partial charge in [0.05, 0.1) is 0 Å². The van der Waals surface area contributed by atoms with Crippen LogP contribution in [0.5, 0.6) is 0 Å². The van der Waals surface area contributed by atoms with E-state index < -0.39 is 0 Å². The van der Waals surface area contributed by atoms with E-state index in [0.717, 1.165) is 17.6 Å². The van der Waals surface area contributed by atoms with Crippen LogP contribution in [0.2, 0.25) is 0 Å². The first-order valence-electron chi connectivity index (χ1n) is 6.92. The molecule has 1 aromatic carbocycles. The van der Waals surface area contributed by atoms with E-state index in [-0.39, 0.29) is 23.7 Å². The number of nitrogens with zero attached hydrogens (tertiary/aromatic N) is 1. The Bertz CT molecular complexity index is 523. The first-order valence-corrected chi connectivity index (χ1v) is 6.92. The van der Waals surface area contributed by atoms with Crippen molar-refractivity contribution in [2.75, 3.05) is 13.1 Å². The molecular weight excluding hydrogens is 255 g/mol. The summed E-state index contributed by atoms with van der Waals surface area (Å²) in [5.41, 5.74) is 8.09. The van der Waals surface area contributed by atoms with Crippen molar-refractivity contribution in [2.45, 2.75) is 32.2 Å². The van der Waals surface area contributed by atoms with Crippen LogP contribution in [0.3, 0.4) is 0 Å². The van der Waals surface area contributed by atoms with E-state index in [1.807, 2.05) is 19.9 Å². The van der Waals surface area contributed by atoms with Crippen molar-refractivity contribution >= 4 is 5.91 Å².